The first kappa shape index (κ1) is 60.1. The van der Waals surface area contributed by atoms with Gasteiger partial charge in [-0.25, -0.2) is 4.98 Å². The zero-order valence-electron chi connectivity index (χ0n) is 42.2. The minimum atomic E-state index is -0.264. The van der Waals surface area contributed by atoms with Gasteiger partial charge in [0.25, 0.3) is 0 Å². The number of carbonyl (C=O) groups is 2. The number of nitrogens with two attached hydrogens (primary N) is 1. The van der Waals surface area contributed by atoms with Crippen molar-refractivity contribution in [2.45, 2.75) is 169 Å². The monoisotopic (exact) mass is 856 g/mol. The molecule has 61 heavy (non-hydrogen) atoms. The van der Waals surface area contributed by atoms with E-state index in [1.807, 2.05) is 13.8 Å². The zero-order chi connectivity index (χ0) is 47.6. The number of nitrogen functional groups attached to an aromatic ring is 1. The molecule has 0 bridgehead atoms. The molecule has 0 unspecified atom stereocenters. The van der Waals surface area contributed by atoms with Crippen molar-refractivity contribution in [3.05, 3.63) is 41.5 Å². The molecule has 10 nitrogen and oxygen atoms in total. The fourth-order valence-corrected chi connectivity index (χ4v) is 6.55. The van der Waals surface area contributed by atoms with Crippen LogP contribution in [0.15, 0.2) is 35.3 Å². The number of hydrogen-bond acceptors (Lipinski definition) is 10. The van der Waals surface area contributed by atoms with Crippen LogP contribution < -0.4 is 5.73 Å². The van der Waals surface area contributed by atoms with Crippen LogP contribution in [-0.4, -0.2) is 106 Å². The van der Waals surface area contributed by atoms with Gasteiger partial charge in [-0.2, -0.15) is 0 Å². The van der Waals surface area contributed by atoms with Crippen LogP contribution in [0.4, 0.5) is 11.5 Å². The molecule has 1 aromatic carbocycles. The van der Waals surface area contributed by atoms with E-state index >= 15 is 0 Å². The first-order valence-electron chi connectivity index (χ1n) is 23.0. The molecule has 10 heteroatoms. The largest absolute Gasteiger partial charge is 0.397 e. The number of unbranched alkanes of at least 4 members (excludes halogenated alkanes) is 1. The molecule has 1 saturated heterocycles. The van der Waals surface area contributed by atoms with Crippen molar-refractivity contribution < 1.29 is 24.9 Å². The molecule has 5 N–H and O–H groups in total. The number of aliphatic hydroxyl groups is 3. The summed E-state index contributed by atoms with van der Waals surface area (Å²) in [6.07, 6.45) is 10.2. The van der Waals surface area contributed by atoms with Gasteiger partial charge in [0.15, 0.2) is 11.6 Å². The van der Waals surface area contributed by atoms with Gasteiger partial charge in [-0.05, 0) is 140 Å². The van der Waals surface area contributed by atoms with Crippen LogP contribution >= 0.6 is 0 Å². The van der Waals surface area contributed by atoms with Gasteiger partial charge in [0.1, 0.15) is 11.5 Å². The first-order chi connectivity index (χ1) is 28.3. The number of aromatic nitrogens is 1. The van der Waals surface area contributed by atoms with E-state index in [1.54, 1.807) is 6.92 Å². The second-order valence-corrected chi connectivity index (χ2v) is 19.6. The molecular formula is C51H93N5O5. The number of piperazine rings is 1. The van der Waals surface area contributed by atoms with Crippen LogP contribution in [0.1, 0.15) is 160 Å². The van der Waals surface area contributed by atoms with Gasteiger partial charge in [-0.1, -0.05) is 87.8 Å². The molecule has 1 aliphatic rings. The summed E-state index contributed by atoms with van der Waals surface area (Å²) in [6, 6.07) is 7.33. The van der Waals surface area contributed by atoms with E-state index in [1.165, 1.54) is 83.5 Å². The maximum Gasteiger partial charge on any atom is 0.152 e. The lowest BCUT2D eigenvalue weighted by atomic mass is 9.70. The van der Waals surface area contributed by atoms with E-state index in [0.29, 0.717) is 22.7 Å². The average molecular weight is 856 g/mol. The normalized spacial score (nSPS) is 14.1. The number of benzene rings is 1. The van der Waals surface area contributed by atoms with Crippen molar-refractivity contribution in [2.75, 3.05) is 58.3 Å². The molecule has 3 rings (SSSR count). The number of anilines is 1. The van der Waals surface area contributed by atoms with Crippen LogP contribution in [0.5, 0.6) is 0 Å². The summed E-state index contributed by atoms with van der Waals surface area (Å²) in [7, 11) is 0. The van der Waals surface area contributed by atoms with Gasteiger partial charge in [0.05, 0.1) is 18.7 Å². The molecule has 1 aromatic heterocycles. The predicted molar refractivity (Wildman–Crippen MR) is 263 cm³/mol. The average Bonchev–Trinajstić information content (AvgIpc) is 3.17. The quantitative estimate of drug-likeness (QED) is 0.0955. The fraction of sp³-hybridized carbons (Fsp3) is 0.725. The summed E-state index contributed by atoms with van der Waals surface area (Å²) in [4.78, 5) is 34.9. The van der Waals surface area contributed by atoms with Gasteiger partial charge >= 0.3 is 0 Å². The van der Waals surface area contributed by atoms with Crippen molar-refractivity contribution in [2.24, 2.45) is 27.2 Å². The van der Waals surface area contributed by atoms with E-state index in [9.17, 15) is 9.59 Å². The Kier molecular flexibility index (Phi) is 30.5. The maximum atomic E-state index is 10.1. The minimum absolute atomic E-state index is 0.0694. The topological polar surface area (TPSA) is 153 Å². The highest BCUT2D eigenvalue weighted by Gasteiger charge is 2.28. The molecule has 0 atom stereocenters. The molecule has 0 aliphatic carbocycles. The van der Waals surface area contributed by atoms with Gasteiger partial charge in [-0.15, -0.1) is 0 Å². The van der Waals surface area contributed by atoms with Crippen LogP contribution in [0.25, 0.3) is 10.9 Å². The highest BCUT2D eigenvalue weighted by atomic mass is 16.3. The van der Waals surface area contributed by atoms with E-state index in [4.69, 9.17) is 31.0 Å². The zero-order valence-corrected chi connectivity index (χ0v) is 42.2. The number of ketones is 2. The molecular weight excluding hydrogens is 763 g/mol. The molecule has 1 aliphatic heterocycles. The number of aliphatic imine (C=N–C) groups is 1. The van der Waals surface area contributed by atoms with Crippen LogP contribution in [-0.2, 0) is 16.0 Å². The fourth-order valence-electron chi connectivity index (χ4n) is 6.55. The van der Waals surface area contributed by atoms with E-state index < -0.39 is 0 Å². The number of fused-ring (bicyclic) bond motifs is 1. The first-order valence-corrected chi connectivity index (χ1v) is 23.0. The van der Waals surface area contributed by atoms with E-state index in [0.717, 1.165) is 59.5 Å². The lowest BCUT2D eigenvalue weighted by molar-refractivity contribution is -0.114. The Morgan fingerprint density at radius 3 is 1.77 bits per heavy atom. The standard InChI is InChI=1S/C26H41N5.C11H24.C6H8O2.C6H14O2.C2H6O/c1-6-7-9-20(4)28-25-21(5)23-12-11-22(18-24(23)29-26(25)27)10-8-13-30-14-16-31(17-15-30)19(2)3;1-9(2)11(6,7)8-10(3,4)5;1-5(7)3-4-6(2)8;1-3-6(2,4-7)5-8;1-2-3/h11-12,18-19H,6-10,13-17H2,1-5H3,(H2,27,29);9H,8H2,1-7H3;3-4H,1-2H3;7-8H,3-5H2,1-2H3;3H,2H2,1H3/b;;4-3-;;. The number of allylic oxidation sites excluding steroid dienone is 2. The van der Waals surface area contributed by atoms with Gasteiger partial charge in [0.2, 0.25) is 0 Å². The summed E-state index contributed by atoms with van der Waals surface area (Å²) in [6.45, 7) is 41.9. The number of aryl methyl sites for hydroxylation is 2. The predicted octanol–water partition coefficient (Wildman–Crippen LogP) is 10.6. The highest BCUT2D eigenvalue weighted by Crippen LogP contribution is 2.38. The summed E-state index contributed by atoms with van der Waals surface area (Å²) in [5.41, 5.74) is 12.4. The number of carbonyl (C=O) groups excluding carboxylic acids is 2. The lowest BCUT2D eigenvalue weighted by Crippen LogP contribution is -2.48. The summed E-state index contributed by atoms with van der Waals surface area (Å²) in [5, 5.41) is 26.0. The molecule has 1 fully saturated rings. The number of aliphatic hydroxyl groups excluding tert-OH is 3. The molecule has 2 aromatic rings. The van der Waals surface area contributed by atoms with Crippen molar-refractivity contribution in [1.29, 1.82) is 0 Å². The van der Waals surface area contributed by atoms with Gasteiger partial charge in [-0.3, -0.25) is 19.5 Å². The number of hydrogen-bond donors (Lipinski definition) is 4. The third-order valence-corrected chi connectivity index (χ3v) is 11.3. The van der Waals surface area contributed by atoms with Crippen LogP contribution in [0.2, 0.25) is 0 Å². The van der Waals surface area contributed by atoms with Crippen molar-refractivity contribution in [3.8, 4) is 0 Å². The van der Waals surface area contributed by atoms with Gasteiger partial charge < -0.3 is 26.0 Å². The number of rotatable bonds is 16. The Bertz CT molecular complexity index is 1560. The second-order valence-electron chi connectivity index (χ2n) is 19.6. The second kappa shape index (κ2) is 30.9. The van der Waals surface area contributed by atoms with Crippen molar-refractivity contribution in [1.82, 2.24) is 14.8 Å². The van der Waals surface area contributed by atoms with Crippen molar-refractivity contribution >= 4 is 39.7 Å². The molecule has 352 valence electrons. The van der Waals surface area contributed by atoms with Crippen LogP contribution in [0, 0.1) is 29.1 Å². The SMILES string of the molecule is CC(=O)/C=C\C(C)=O.CC(C)C(C)(C)CC(C)(C)C.CCC(C)(CO)CO.CCCCC(C)=Nc1c(N)nc2cc(CCCN3CCN(C(C)C)CC3)ccc2c1C.CCO. The molecule has 0 saturated carbocycles. The smallest absolute Gasteiger partial charge is 0.152 e. The summed E-state index contributed by atoms with van der Waals surface area (Å²) < 4.78 is 0. The Morgan fingerprint density at radius 2 is 1.39 bits per heavy atom. The van der Waals surface area contributed by atoms with Crippen LogP contribution in [0.3, 0.4) is 0 Å². The highest BCUT2D eigenvalue weighted by molar-refractivity contribution is 5.96. The summed E-state index contributed by atoms with van der Waals surface area (Å²) >= 11 is 0. The van der Waals surface area contributed by atoms with Crippen molar-refractivity contribution in [3.63, 3.8) is 0 Å². The summed E-state index contributed by atoms with van der Waals surface area (Å²) in [5.74, 6) is 1.13. The lowest BCUT2D eigenvalue weighted by Gasteiger charge is -2.36. The Labute approximate surface area is 373 Å². The minimum Gasteiger partial charge on any atom is -0.397 e. The Balaban J connectivity index is 0. The number of nitrogens with zero attached hydrogens (tertiary/aromatic N) is 4. The van der Waals surface area contributed by atoms with E-state index in [2.05, 4.69) is 111 Å². The van der Waals surface area contributed by atoms with Gasteiger partial charge in [0, 0.05) is 55.3 Å². The van der Waals surface area contributed by atoms with E-state index in [-0.39, 0.29) is 36.8 Å². The molecule has 0 spiro atoms. The third kappa shape index (κ3) is 26.9. The third-order valence-electron chi connectivity index (χ3n) is 11.3. The Hall–Kier alpha value is -3.02. The molecule has 2 heterocycles. The number of pyridine rings is 1. The Morgan fingerprint density at radius 1 is 0.869 bits per heavy atom. The molecule has 0 amide bonds. The molecule has 0 radical (unpaired) electrons. The maximum absolute atomic E-state index is 10.1.